The molecule has 0 aliphatic carbocycles. The van der Waals surface area contributed by atoms with Gasteiger partial charge in [-0.1, -0.05) is 41.1 Å². The van der Waals surface area contributed by atoms with Gasteiger partial charge < -0.3 is 9.64 Å². The van der Waals surface area contributed by atoms with E-state index in [1.165, 1.54) is 0 Å². The van der Waals surface area contributed by atoms with Gasteiger partial charge in [0.15, 0.2) is 0 Å². The summed E-state index contributed by atoms with van der Waals surface area (Å²) in [5, 5.41) is 0. The van der Waals surface area contributed by atoms with Gasteiger partial charge >= 0.3 is 0 Å². The molecule has 2 aromatic carbocycles. The highest BCUT2D eigenvalue weighted by atomic mass is 35.5. The van der Waals surface area contributed by atoms with Crippen LogP contribution in [-0.2, 0) is 0 Å². The van der Waals surface area contributed by atoms with Crippen molar-refractivity contribution in [1.29, 1.82) is 0 Å². The number of hydrogen-bond acceptors (Lipinski definition) is 5. The maximum atomic E-state index is 11.1. The minimum absolute atomic E-state index is 0. The SMILES string of the molecule is CC(C)N(C)CCCC1Oc2ccccc2N(c2ccccc2)S1(O)O.Cl. The number of fused-ring (bicyclic) bond motifs is 1. The molecule has 7 heteroatoms. The molecule has 0 aromatic heterocycles. The Hall–Kier alpha value is -1.44. The summed E-state index contributed by atoms with van der Waals surface area (Å²) in [6.45, 7) is 5.19. The summed E-state index contributed by atoms with van der Waals surface area (Å²) >= 11 is 0. The minimum Gasteiger partial charge on any atom is -0.467 e. The molecular weight excluding hydrogens is 384 g/mol. The van der Waals surface area contributed by atoms with Crippen LogP contribution in [0.1, 0.15) is 26.7 Å². The summed E-state index contributed by atoms with van der Waals surface area (Å²) in [5.41, 5.74) is 0.792. The highest BCUT2D eigenvalue weighted by molar-refractivity contribution is 8.26. The maximum Gasteiger partial charge on any atom is 0.206 e. The van der Waals surface area contributed by atoms with E-state index in [1.54, 1.807) is 4.31 Å². The second-order valence-corrected chi connectivity index (χ2v) is 8.94. The standard InChI is InChI=1S/C20H28N2O3S.ClH/c1-16(2)21(3)15-9-14-20-25-19-13-8-7-12-18(19)22(26(20,23)24)17-10-5-4-6-11-17;/h4-8,10-13,16,20,23-24H,9,14-15H2,1-3H3;1H. The molecule has 5 nitrogen and oxygen atoms in total. The first-order valence-corrected chi connectivity index (χ1v) is 10.6. The van der Waals surface area contributed by atoms with Gasteiger partial charge in [-0.05, 0) is 58.1 Å². The van der Waals surface area contributed by atoms with Crippen LogP contribution in [0.4, 0.5) is 11.4 Å². The fraction of sp³-hybridized carbons (Fsp3) is 0.400. The molecule has 2 N–H and O–H groups in total. The second-order valence-electron chi connectivity index (χ2n) is 6.92. The summed E-state index contributed by atoms with van der Waals surface area (Å²) in [4.78, 5) is 2.25. The molecule has 1 aliphatic rings. The molecule has 1 atom stereocenters. The number of rotatable bonds is 6. The molecule has 0 amide bonds. The van der Waals surface area contributed by atoms with Crippen LogP contribution in [0.5, 0.6) is 5.75 Å². The van der Waals surface area contributed by atoms with Crippen LogP contribution in [0, 0.1) is 0 Å². The van der Waals surface area contributed by atoms with Crippen molar-refractivity contribution in [2.45, 2.75) is 38.2 Å². The zero-order chi connectivity index (χ0) is 18.7. The largest absolute Gasteiger partial charge is 0.467 e. The van der Waals surface area contributed by atoms with Gasteiger partial charge in [0, 0.05) is 12.5 Å². The molecule has 3 rings (SSSR count). The number of hydrogen-bond donors (Lipinski definition) is 2. The van der Waals surface area contributed by atoms with Crippen LogP contribution in [0.3, 0.4) is 0 Å². The highest BCUT2D eigenvalue weighted by Gasteiger charge is 2.40. The van der Waals surface area contributed by atoms with Crippen molar-refractivity contribution in [3.05, 3.63) is 54.6 Å². The van der Waals surface area contributed by atoms with Gasteiger partial charge in [-0.3, -0.25) is 9.11 Å². The lowest BCUT2D eigenvalue weighted by atomic mass is 10.2. The van der Waals surface area contributed by atoms with E-state index in [1.807, 2.05) is 54.6 Å². The summed E-state index contributed by atoms with van der Waals surface area (Å²) < 4.78 is 29.8. The zero-order valence-corrected chi connectivity index (χ0v) is 17.6. The predicted molar refractivity (Wildman–Crippen MR) is 117 cm³/mol. The predicted octanol–water partition coefficient (Wildman–Crippen LogP) is 5.75. The van der Waals surface area contributed by atoms with E-state index >= 15 is 0 Å². The lowest BCUT2D eigenvalue weighted by Gasteiger charge is -2.51. The van der Waals surface area contributed by atoms with Crippen molar-refractivity contribution in [1.82, 2.24) is 4.90 Å². The number of benzene rings is 2. The van der Waals surface area contributed by atoms with E-state index in [9.17, 15) is 9.11 Å². The number of nitrogens with zero attached hydrogens (tertiary/aromatic N) is 2. The number of halogens is 1. The Kier molecular flexibility index (Phi) is 7.42. The van der Waals surface area contributed by atoms with Crippen LogP contribution < -0.4 is 9.04 Å². The quantitative estimate of drug-likeness (QED) is 0.632. The van der Waals surface area contributed by atoms with E-state index < -0.39 is 16.2 Å². The third-order valence-electron chi connectivity index (χ3n) is 4.79. The van der Waals surface area contributed by atoms with Gasteiger partial charge in [-0.25, -0.2) is 4.31 Å². The fourth-order valence-corrected chi connectivity index (χ4v) is 4.86. The van der Waals surface area contributed by atoms with Crippen molar-refractivity contribution in [2.24, 2.45) is 0 Å². The van der Waals surface area contributed by atoms with Crippen LogP contribution in [0.25, 0.3) is 0 Å². The van der Waals surface area contributed by atoms with E-state index in [0.717, 1.165) is 18.7 Å². The monoisotopic (exact) mass is 412 g/mol. The number of anilines is 2. The first-order chi connectivity index (χ1) is 12.4. The second kappa shape index (κ2) is 9.17. The third kappa shape index (κ3) is 4.70. The molecule has 150 valence electrons. The molecule has 0 bridgehead atoms. The number of ether oxygens (including phenoxy) is 1. The third-order valence-corrected chi connectivity index (χ3v) is 6.77. The average molecular weight is 413 g/mol. The van der Waals surface area contributed by atoms with Crippen molar-refractivity contribution in [3.63, 3.8) is 0 Å². The van der Waals surface area contributed by atoms with Gasteiger partial charge in [0.25, 0.3) is 0 Å². The van der Waals surface area contributed by atoms with Gasteiger partial charge in [0.2, 0.25) is 5.44 Å². The van der Waals surface area contributed by atoms with Gasteiger partial charge in [0.1, 0.15) is 11.4 Å². The molecule has 0 spiro atoms. The molecule has 1 unspecified atom stereocenters. The maximum absolute atomic E-state index is 11.1. The molecular formula is C20H29ClN2O3S. The first kappa shape index (κ1) is 21.9. The smallest absolute Gasteiger partial charge is 0.206 e. The Morgan fingerprint density at radius 2 is 1.70 bits per heavy atom. The van der Waals surface area contributed by atoms with Crippen molar-refractivity contribution in [2.75, 3.05) is 17.9 Å². The lowest BCUT2D eigenvalue weighted by Crippen LogP contribution is -2.39. The Bertz CT molecular complexity index is 730. The molecule has 0 saturated carbocycles. The zero-order valence-electron chi connectivity index (χ0n) is 16.0. The lowest BCUT2D eigenvalue weighted by molar-refractivity contribution is 0.215. The molecule has 0 radical (unpaired) electrons. The minimum atomic E-state index is -3.16. The van der Waals surface area contributed by atoms with Crippen molar-refractivity contribution >= 4 is 34.6 Å². The first-order valence-electron chi connectivity index (χ1n) is 8.99. The summed E-state index contributed by atoms with van der Waals surface area (Å²) in [6, 6.07) is 17.5. The molecule has 0 fully saturated rings. The van der Waals surface area contributed by atoms with Gasteiger partial charge in [-0.2, -0.15) is 0 Å². The normalized spacial score (nSPS) is 19.2. The van der Waals surface area contributed by atoms with E-state index in [2.05, 4.69) is 25.8 Å². The Balaban J connectivity index is 0.00000261. The van der Waals surface area contributed by atoms with Crippen molar-refractivity contribution in [3.8, 4) is 5.75 Å². The van der Waals surface area contributed by atoms with Crippen molar-refractivity contribution < 1.29 is 13.8 Å². The summed E-state index contributed by atoms with van der Waals surface area (Å²) in [6.07, 6.45) is 1.41. The van der Waals surface area contributed by atoms with Crippen LogP contribution in [0.15, 0.2) is 54.6 Å². The Labute approximate surface area is 169 Å². The average Bonchev–Trinajstić information content (AvgIpc) is 2.62. The summed E-state index contributed by atoms with van der Waals surface area (Å²) in [5.74, 6) is 0.685. The topological polar surface area (TPSA) is 56.2 Å². The molecule has 1 aliphatic heterocycles. The van der Waals surface area contributed by atoms with E-state index in [4.69, 9.17) is 4.74 Å². The number of para-hydroxylation sites is 3. The van der Waals surface area contributed by atoms with Crippen LogP contribution >= 0.6 is 23.2 Å². The highest BCUT2D eigenvalue weighted by Crippen LogP contribution is 2.61. The van der Waals surface area contributed by atoms with E-state index in [-0.39, 0.29) is 12.4 Å². The molecule has 27 heavy (non-hydrogen) atoms. The molecule has 1 heterocycles. The summed E-state index contributed by atoms with van der Waals surface area (Å²) in [7, 11) is -1.08. The Morgan fingerprint density at radius 3 is 2.37 bits per heavy atom. The fourth-order valence-electron chi connectivity index (χ4n) is 3.03. The van der Waals surface area contributed by atoms with Gasteiger partial charge in [0.05, 0.1) is 5.69 Å². The Morgan fingerprint density at radius 1 is 1.07 bits per heavy atom. The van der Waals surface area contributed by atoms with Crippen LogP contribution in [0.2, 0.25) is 0 Å². The van der Waals surface area contributed by atoms with E-state index in [0.29, 0.717) is 23.9 Å². The molecule has 0 saturated heterocycles. The van der Waals surface area contributed by atoms with Gasteiger partial charge in [-0.15, -0.1) is 12.4 Å². The molecule has 2 aromatic rings. The van der Waals surface area contributed by atoms with Crippen LogP contribution in [-0.4, -0.2) is 39.1 Å².